The average molecular weight is 1080 g/mol. The molecule has 0 radical (unpaired) electrons. The van der Waals surface area contributed by atoms with Gasteiger partial charge in [0.2, 0.25) is 0 Å². The Bertz CT molecular complexity index is 2300. The van der Waals surface area contributed by atoms with Crippen LogP contribution in [-0.2, 0) is 15.9 Å². The molecule has 316 valence electrons. The zero-order valence-electron chi connectivity index (χ0n) is 34.3. The normalized spacial score (nSPS) is 11.2. The Morgan fingerprint density at radius 1 is 0.678 bits per heavy atom. The molecule has 0 spiro atoms. The highest BCUT2D eigenvalue weighted by Crippen LogP contribution is 2.32. The van der Waals surface area contributed by atoms with Crippen LogP contribution in [0.25, 0.3) is 44.7 Å². The standard InChI is InChI=1S/C22H25BrN2O3S.C22H24BrNO3S.CH3I/c1-15-12-18-21(14-19(15)25(2)8-10-28-11-9-26)29-22(24-18)7-5-16-4-6-20(27-3)17(23)13-16;1-15-12-19-21(14-17(15)4-3-10-27-11-9-25)28-22(24-19)8-6-16-5-7-20(26-2)18(23)13-16;1-2/h4-7,12-14,26H,8-11H2,1-3H3;5-8,12-14,25H,3-4,9-11H2,1-2H3;1H3/b7-5+;8-6+;. The van der Waals surface area contributed by atoms with Gasteiger partial charge in [-0.25, -0.2) is 9.97 Å². The summed E-state index contributed by atoms with van der Waals surface area (Å²) in [6.45, 7) is 7.18. The molecule has 2 aromatic heterocycles. The fraction of sp³-hybridized carbons (Fsp3) is 0.333. The van der Waals surface area contributed by atoms with Crippen LogP contribution >= 0.6 is 77.1 Å². The molecule has 0 aliphatic rings. The van der Waals surface area contributed by atoms with E-state index in [1.165, 1.54) is 27.1 Å². The summed E-state index contributed by atoms with van der Waals surface area (Å²) in [7, 11) is 5.38. The van der Waals surface area contributed by atoms with Crippen molar-refractivity contribution in [2.24, 2.45) is 0 Å². The number of nitrogens with zero attached hydrogens (tertiary/aromatic N) is 3. The first kappa shape index (κ1) is 48.7. The summed E-state index contributed by atoms with van der Waals surface area (Å²) in [6, 6.07) is 20.7. The Morgan fingerprint density at radius 3 is 1.69 bits per heavy atom. The number of ether oxygens (including phenoxy) is 4. The number of benzene rings is 4. The second-order valence-electron chi connectivity index (χ2n) is 13.1. The van der Waals surface area contributed by atoms with Crippen LogP contribution in [0.2, 0.25) is 0 Å². The lowest BCUT2D eigenvalue weighted by atomic mass is 10.0. The molecule has 0 saturated heterocycles. The van der Waals surface area contributed by atoms with Crippen molar-refractivity contribution in [1.29, 1.82) is 0 Å². The van der Waals surface area contributed by atoms with Crippen molar-refractivity contribution in [1.82, 2.24) is 9.97 Å². The molecule has 2 N–H and O–H groups in total. The minimum atomic E-state index is 0.0549. The number of aliphatic hydroxyl groups excluding tert-OH is 2. The van der Waals surface area contributed by atoms with Crippen molar-refractivity contribution >= 4 is 128 Å². The first-order valence-corrected chi connectivity index (χ1v) is 24.3. The quantitative estimate of drug-likeness (QED) is 0.0494. The van der Waals surface area contributed by atoms with Crippen LogP contribution in [0.1, 0.15) is 44.3 Å². The van der Waals surface area contributed by atoms with E-state index in [1.54, 1.807) is 36.9 Å². The third-order valence-electron chi connectivity index (χ3n) is 8.96. The number of thiazole rings is 2. The number of aromatic nitrogens is 2. The van der Waals surface area contributed by atoms with Gasteiger partial charge in [-0.1, -0.05) is 46.9 Å². The van der Waals surface area contributed by atoms with Crippen molar-refractivity contribution in [2.75, 3.05) is 77.3 Å². The molecular weight excluding hydrogens is 1030 g/mol. The molecule has 0 aliphatic heterocycles. The van der Waals surface area contributed by atoms with Crippen LogP contribution in [0.4, 0.5) is 5.69 Å². The van der Waals surface area contributed by atoms with Crippen LogP contribution < -0.4 is 14.4 Å². The highest BCUT2D eigenvalue weighted by atomic mass is 127. The zero-order chi connectivity index (χ0) is 42.7. The van der Waals surface area contributed by atoms with E-state index in [1.807, 2.05) is 47.4 Å². The Balaban J connectivity index is 0.000000250. The number of anilines is 1. The maximum absolute atomic E-state index is 8.81. The van der Waals surface area contributed by atoms with Gasteiger partial charge in [-0.15, -0.1) is 22.7 Å². The second-order valence-corrected chi connectivity index (χ2v) is 16.9. The molecule has 0 unspecified atom stereocenters. The van der Waals surface area contributed by atoms with Crippen LogP contribution in [0.5, 0.6) is 11.5 Å². The Kier molecular flexibility index (Phi) is 21.3. The number of aliphatic hydroxyl groups is 2. The largest absolute Gasteiger partial charge is 0.496 e. The number of methoxy groups -OCH3 is 2. The van der Waals surface area contributed by atoms with Gasteiger partial charge in [-0.2, -0.15) is 0 Å². The number of hydrogen-bond donors (Lipinski definition) is 2. The van der Waals surface area contributed by atoms with E-state index in [2.05, 4.69) is 123 Å². The predicted octanol–water partition coefficient (Wildman–Crippen LogP) is 11.5. The van der Waals surface area contributed by atoms with Gasteiger partial charge >= 0.3 is 0 Å². The maximum atomic E-state index is 8.81. The molecule has 2 heterocycles. The molecule has 0 fully saturated rings. The lowest BCUT2D eigenvalue weighted by Crippen LogP contribution is -2.23. The second kappa shape index (κ2) is 25.8. The van der Waals surface area contributed by atoms with Crippen LogP contribution in [0, 0.1) is 13.8 Å². The number of aryl methyl sites for hydroxylation is 3. The summed E-state index contributed by atoms with van der Waals surface area (Å²) in [4.78, 5) is 13.7. The molecule has 14 heteroatoms. The Labute approximate surface area is 386 Å². The van der Waals surface area contributed by atoms with Crippen LogP contribution in [0.3, 0.4) is 0 Å². The molecular formula is C45H52Br2IN3O6S2. The smallest absolute Gasteiger partial charge is 0.133 e. The van der Waals surface area contributed by atoms with Crippen LogP contribution in [-0.4, -0.2) is 92.6 Å². The molecule has 6 rings (SSSR count). The highest BCUT2D eigenvalue weighted by molar-refractivity contribution is 14.1. The SMILES string of the molecule is CI.COc1ccc(/C=C/c2nc3cc(C)c(CCCOCCO)cc3s2)cc1Br.COc1ccc(/C=C/c2nc3cc(C)c(N(C)CCOCCO)cc3s2)cc1Br. The molecule has 0 aliphatic carbocycles. The third kappa shape index (κ3) is 14.9. The first-order chi connectivity index (χ1) is 28.6. The van der Waals surface area contributed by atoms with Gasteiger partial charge in [0, 0.05) is 25.9 Å². The number of alkyl halides is 1. The van der Waals surface area contributed by atoms with E-state index in [0.717, 1.165) is 76.7 Å². The molecule has 4 aromatic carbocycles. The fourth-order valence-electron chi connectivity index (χ4n) is 5.97. The van der Waals surface area contributed by atoms with Crippen molar-refractivity contribution in [3.63, 3.8) is 0 Å². The van der Waals surface area contributed by atoms with Gasteiger partial charge in [0.25, 0.3) is 0 Å². The highest BCUT2D eigenvalue weighted by Gasteiger charge is 2.11. The summed E-state index contributed by atoms with van der Waals surface area (Å²) in [5, 5.41) is 19.5. The number of hydrogen-bond acceptors (Lipinski definition) is 11. The molecule has 0 bridgehead atoms. The van der Waals surface area contributed by atoms with Crippen molar-refractivity contribution in [3.05, 3.63) is 107 Å². The summed E-state index contributed by atoms with van der Waals surface area (Å²) in [5.41, 5.74) is 9.16. The van der Waals surface area contributed by atoms with E-state index < -0.39 is 0 Å². The maximum Gasteiger partial charge on any atom is 0.133 e. The lowest BCUT2D eigenvalue weighted by molar-refractivity contribution is 0.0909. The average Bonchev–Trinajstić information content (AvgIpc) is 3.83. The lowest BCUT2D eigenvalue weighted by Gasteiger charge is -2.21. The minimum absolute atomic E-state index is 0.0549. The molecule has 6 aromatic rings. The van der Waals surface area contributed by atoms with Gasteiger partial charge in [0.1, 0.15) is 21.5 Å². The molecule has 59 heavy (non-hydrogen) atoms. The molecule has 0 saturated carbocycles. The topological polar surface area (TPSA) is 106 Å². The van der Waals surface area contributed by atoms with Crippen molar-refractivity contribution in [3.8, 4) is 11.5 Å². The number of rotatable bonds is 18. The summed E-state index contributed by atoms with van der Waals surface area (Å²) in [5.74, 6) is 1.64. The van der Waals surface area contributed by atoms with Crippen molar-refractivity contribution < 1.29 is 29.2 Å². The minimum Gasteiger partial charge on any atom is -0.496 e. The zero-order valence-corrected chi connectivity index (χ0v) is 41.2. The van der Waals surface area contributed by atoms with Gasteiger partial charge in [0.15, 0.2) is 0 Å². The van der Waals surface area contributed by atoms with E-state index >= 15 is 0 Å². The van der Waals surface area contributed by atoms with E-state index in [9.17, 15) is 0 Å². The van der Waals surface area contributed by atoms with Crippen LogP contribution in [0.15, 0.2) is 69.6 Å². The Hall–Kier alpha value is -2.93. The summed E-state index contributed by atoms with van der Waals surface area (Å²) >= 11 is 12.6. The molecule has 0 amide bonds. The summed E-state index contributed by atoms with van der Waals surface area (Å²) in [6.07, 6.45) is 10.1. The monoisotopic (exact) mass is 1080 g/mol. The summed E-state index contributed by atoms with van der Waals surface area (Å²) < 4.78 is 25.5. The Morgan fingerprint density at radius 2 is 1.19 bits per heavy atom. The van der Waals surface area contributed by atoms with E-state index in [0.29, 0.717) is 26.4 Å². The third-order valence-corrected chi connectivity index (χ3v) is 12.2. The van der Waals surface area contributed by atoms with Gasteiger partial charge < -0.3 is 34.1 Å². The first-order valence-electron chi connectivity index (χ1n) is 18.9. The number of fused-ring (bicyclic) bond motifs is 2. The number of likely N-dealkylation sites (N-methyl/N-ethyl adjacent to an activating group) is 1. The van der Waals surface area contributed by atoms with E-state index in [-0.39, 0.29) is 13.2 Å². The van der Waals surface area contributed by atoms with Gasteiger partial charge in [-0.05, 0) is 152 Å². The number of halogens is 3. The molecule has 0 atom stereocenters. The van der Waals surface area contributed by atoms with E-state index in [4.69, 9.17) is 39.1 Å². The van der Waals surface area contributed by atoms with Gasteiger partial charge in [-0.3, -0.25) is 0 Å². The van der Waals surface area contributed by atoms with Crippen molar-refractivity contribution in [2.45, 2.75) is 26.7 Å². The fourth-order valence-corrected chi connectivity index (χ4v) is 8.89. The predicted molar refractivity (Wildman–Crippen MR) is 265 cm³/mol. The van der Waals surface area contributed by atoms with Gasteiger partial charge in [0.05, 0.1) is 76.6 Å². The molecule has 9 nitrogen and oxygen atoms in total.